The van der Waals surface area contributed by atoms with Crippen molar-refractivity contribution in [2.45, 2.75) is 26.8 Å². The van der Waals surface area contributed by atoms with Crippen molar-refractivity contribution >= 4 is 11.6 Å². The van der Waals surface area contributed by atoms with Crippen LogP contribution in [0.1, 0.15) is 47.3 Å². The van der Waals surface area contributed by atoms with Gasteiger partial charge in [0, 0.05) is 61.6 Å². The average Bonchev–Trinajstić information content (AvgIpc) is 2.92. The molecule has 1 heterocycles. The van der Waals surface area contributed by atoms with Gasteiger partial charge in [0.1, 0.15) is 5.75 Å². The Balaban J connectivity index is 1.35. The SMILES string of the molecule is CCCNC(=O)c1ccc(N2CCN(Cc3ccccc3C#Cc3cccc(OCC)c3)CC2)cc1. The molecule has 0 saturated carbocycles. The molecule has 0 radical (unpaired) electrons. The monoisotopic (exact) mass is 481 g/mol. The highest BCUT2D eigenvalue weighted by molar-refractivity contribution is 5.94. The number of nitrogens with one attached hydrogen (secondary N) is 1. The van der Waals surface area contributed by atoms with Gasteiger partial charge in [0.2, 0.25) is 0 Å². The summed E-state index contributed by atoms with van der Waals surface area (Å²) in [5, 5.41) is 2.93. The van der Waals surface area contributed by atoms with Gasteiger partial charge in [-0.3, -0.25) is 9.69 Å². The topological polar surface area (TPSA) is 44.8 Å². The van der Waals surface area contributed by atoms with Crippen molar-refractivity contribution in [3.05, 3.63) is 95.1 Å². The van der Waals surface area contributed by atoms with E-state index in [0.29, 0.717) is 18.7 Å². The van der Waals surface area contributed by atoms with Crippen LogP contribution >= 0.6 is 0 Å². The molecular formula is C31H35N3O2. The number of carbonyl (C=O) groups excluding carboxylic acids is 1. The van der Waals surface area contributed by atoms with Crippen LogP contribution in [0, 0.1) is 11.8 Å². The van der Waals surface area contributed by atoms with Gasteiger partial charge in [0.05, 0.1) is 6.61 Å². The summed E-state index contributed by atoms with van der Waals surface area (Å²) in [6.07, 6.45) is 0.938. The van der Waals surface area contributed by atoms with Crippen LogP contribution in [0.2, 0.25) is 0 Å². The number of anilines is 1. The summed E-state index contributed by atoms with van der Waals surface area (Å²) in [6.45, 7) is 10.2. The van der Waals surface area contributed by atoms with Gasteiger partial charge in [-0.15, -0.1) is 0 Å². The highest BCUT2D eigenvalue weighted by Crippen LogP contribution is 2.19. The predicted molar refractivity (Wildman–Crippen MR) is 147 cm³/mol. The van der Waals surface area contributed by atoms with Gasteiger partial charge in [0.15, 0.2) is 0 Å². The van der Waals surface area contributed by atoms with Gasteiger partial charge in [-0.05, 0) is 67.4 Å². The molecule has 1 amide bonds. The largest absolute Gasteiger partial charge is 0.494 e. The molecule has 0 spiro atoms. The molecule has 186 valence electrons. The second kappa shape index (κ2) is 12.8. The molecule has 4 rings (SSSR count). The van der Waals surface area contributed by atoms with Crippen molar-refractivity contribution in [1.82, 2.24) is 10.2 Å². The van der Waals surface area contributed by atoms with E-state index < -0.39 is 0 Å². The molecule has 0 atom stereocenters. The summed E-state index contributed by atoms with van der Waals surface area (Å²) < 4.78 is 5.60. The molecule has 0 aliphatic carbocycles. The van der Waals surface area contributed by atoms with Gasteiger partial charge in [-0.2, -0.15) is 0 Å². The van der Waals surface area contributed by atoms with E-state index in [0.717, 1.165) is 56.0 Å². The maximum Gasteiger partial charge on any atom is 0.251 e. The first-order chi connectivity index (χ1) is 17.7. The summed E-state index contributed by atoms with van der Waals surface area (Å²) in [7, 11) is 0. The van der Waals surface area contributed by atoms with Crippen molar-refractivity contribution in [1.29, 1.82) is 0 Å². The quantitative estimate of drug-likeness (QED) is 0.463. The zero-order chi connectivity index (χ0) is 25.2. The second-order valence-corrected chi connectivity index (χ2v) is 8.93. The molecule has 1 aliphatic rings. The van der Waals surface area contributed by atoms with Crippen LogP contribution in [-0.4, -0.2) is 50.1 Å². The van der Waals surface area contributed by atoms with E-state index in [1.54, 1.807) is 0 Å². The Morgan fingerprint density at radius 3 is 2.44 bits per heavy atom. The van der Waals surface area contributed by atoms with Crippen LogP contribution < -0.4 is 15.0 Å². The lowest BCUT2D eigenvalue weighted by Gasteiger charge is -2.36. The minimum absolute atomic E-state index is 0.00280. The van der Waals surface area contributed by atoms with E-state index in [9.17, 15) is 4.79 Å². The number of benzene rings is 3. The van der Waals surface area contributed by atoms with Crippen molar-refractivity contribution in [3.8, 4) is 17.6 Å². The van der Waals surface area contributed by atoms with E-state index in [-0.39, 0.29) is 5.91 Å². The molecule has 1 fully saturated rings. The van der Waals surface area contributed by atoms with E-state index >= 15 is 0 Å². The Bertz CT molecular complexity index is 1200. The van der Waals surface area contributed by atoms with Crippen LogP contribution in [-0.2, 0) is 6.54 Å². The van der Waals surface area contributed by atoms with Crippen molar-refractivity contribution in [2.75, 3.05) is 44.2 Å². The molecule has 0 aromatic heterocycles. The molecule has 0 bridgehead atoms. The van der Waals surface area contributed by atoms with Crippen LogP contribution in [0.5, 0.6) is 5.75 Å². The molecule has 5 nitrogen and oxygen atoms in total. The highest BCUT2D eigenvalue weighted by Gasteiger charge is 2.18. The number of amides is 1. The van der Waals surface area contributed by atoms with Gasteiger partial charge in [-0.1, -0.05) is 43.0 Å². The minimum atomic E-state index is -0.00280. The third-order valence-corrected chi connectivity index (χ3v) is 6.30. The molecule has 5 heteroatoms. The standard InChI is InChI=1S/C31H35N3O2/c1-3-18-32-31(35)27-14-16-29(17-15-27)34-21-19-33(20-22-34)24-28-10-6-5-9-26(28)13-12-25-8-7-11-30(23-25)36-4-2/h5-11,14-17,23H,3-4,18-22,24H2,1-2H3,(H,32,35). The number of hydrogen-bond acceptors (Lipinski definition) is 4. The molecule has 36 heavy (non-hydrogen) atoms. The summed E-state index contributed by atoms with van der Waals surface area (Å²) in [5.41, 5.74) is 5.16. The number of rotatable bonds is 8. The van der Waals surface area contributed by atoms with Gasteiger partial charge in [-0.25, -0.2) is 0 Å². The Hall–Kier alpha value is -3.75. The molecular weight excluding hydrogens is 446 g/mol. The van der Waals surface area contributed by atoms with Gasteiger partial charge in [0.25, 0.3) is 5.91 Å². The first-order valence-corrected chi connectivity index (χ1v) is 12.8. The summed E-state index contributed by atoms with van der Waals surface area (Å²) in [4.78, 5) is 17.0. The molecule has 1 aliphatic heterocycles. The van der Waals surface area contributed by atoms with E-state index in [2.05, 4.69) is 64.2 Å². The van der Waals surface area contributed by atoms with Crippen LogP contribution in [0.15, 0.2) is 72.8 Å². The molecule has 0 unspecified atom stereocenters. The Kier molecular flexibility index (Phi) is 9.02. The molecule has 1 saturated heterocycles. The van der Waals surface area contributed by atoms with E-state index in [4.69, 9.17) is 4.74 Å². The zero-order valence-corrected chi connectivity index (χ0v) is 21.3. The Labute approximate surface area is 215 Å². The molecule has 3 aromatic carbocycles. The molecule has 3 aromatic rings. The lowest BCUT2D eigenvalue weighted by Crippen LogP contribution is -2.46. The summed E-state index contributed by atoms with van der Waals surface area (Å²) >= 11 is 0. The van der Waals surface area contributed by atoms with Gasteiger partial charge >= 0.3 is 0 Å². The predicted octanol–water partition coefficient (Wildman–Crippen LogP) is 4.95. The van der Waals surface area contributed by atoms with E-state index in [1.807, 2.05) is 49.4 Å². The zero-order valence-electron chi connectivity index (χ0n) is 21.3. The summed E-state index contributed by atoms with van der Waals surface area (Å²) in [6, 6.07) is 24.3. The lowest BCUT2D eigenvalue weighted by atomic mass is 10.1. The van der Waals surface area contributed by atoms with Gasteiger partial charge < -0.3 is 15.0 Å². The van der Waals surface area contributed by atoms with Crippen molar-refractivity contribution in [3.63, 3.8) is 0 Å². The van der Waals surface area contributed by atoms with Crippen molar-refractivity contribution < 1.29 is 9.53 Å². The summed E-state index contributed by atoms with van der Waals surface area (Å²) in [5.74, 6) is 7.53. The molecule has 1 N–H and O–H groups in total. The first kappa shape index (κ1) is 25.3. The normalized spacial score (nSPS) is 13.6. The lowest BCUT2D eigenvalue weighted by molar-refractivity contribution is 0.0953. The Morgan fingerprint density at radius 1 is 0.917 bits per heavy atom. The first-order valence-electron chi connectivity index (χ1n) is 12.8. The van der Waals surface area contributed by atoms with E-state index in [1.165, 1.54) is 11.3 Å². The number of ether oxygens (including phenoxy) is 1. The van der Waals surface area contributed by atoms with Crippen LogP contribution in [0.3, 0.4) is 0 Å². The number of hydrogen-bond donors (Lipinski definition) is 1. The Morgan fingerprint density at radius 2 is 1.69 bits per heavy atom. The highest BCUT2D eigenvalue weighted by atomic mass is 16.5. The average molecular weight is 482 g/mol. The van der Waals surface area contributed by atoms with Crippen molar-refractivity contribution in [2.24, 2.45) is 0 Å². The van der Waals surface area contributed by atoms with Crippen LogP contribution in [0.4, 0.5) is 5.69 Å². The fourth-order valence-electron chi connectivity index (χ4n) is 4.32. The third kappa shape index (κ3) is 6.90. The number of nitrogens with zero attached hydrogens (tertiary/aromatic N) is 2. The minimum Gasteiger partial charge on any atom is -0.494 e. The fourth-order valence-corrected chi connectivity index (χ4v) is 4.32. The maximum absolute atomic E-state index is 12.2. The van der Waals surface area contributed by atoms with Crippen LogP contribution in [0.25, 0.3) is 0 Å². The third-order valence-electron chi connectivity index (χ3n) is 6.30. The second-order valence-electron chi connectivity index (χ2n) is 8.93. The number of piperazine rings is 1. The smallest absolute Gasteiger partial charge is 0.251 e. The fraction of sp³-hybridized carbons (Fsp3) is 0.323. The maximum atomic E-state index is 12.2. The number of carbonyl (C=O) groups is 1.